The average Bonchev–Trinajstić information content (AvgIpc) is 2.54. The second-order valence-corrected chi connectivity index (χ2v) is 5.61. The number of benzene rings is 1. The fraction of sp³-hybridized carbons (Fsp3) is 0.529. The Balaban J connectivity index is 2.71. The fourth-order valence-electron chi connectivity index (χ4n) is 2.18. The molecular formula is C17H27N3O4. The van der Waals surface area contributed by atoms with Crippen molar-refractivity contribution in [1.82, 2.24) is 10.2 Å². The van der Waals surface area contributed by atoms with Crippen LogP contribution in [0.15, 0.2) is 18.2 Å². The summed E-state index contributed by atoms with van der Waals surface area (Å²) >= 11 is 0. The van der Waals surface area contributed by atoms with Crippen molar-refractivity contribution >= 4 is 17.5 Å². The van der Waals surface area contributed by atoms with Gasteiger partial charge in [0.25, 0.3) is 0 Å². The monoisotopic (exact) mass is 337 g/mol. The Morgan fingerprint density at radius 2 is 1.75 bits per heavy atom. The number of ether oxygens (including phenoxy) is 2. The van der Waals surface area contributed by atoms with Crippen LogP contribution >= 0.6 is 0 Å². The van der Waals surface area contributed by atoms with E-state index in [1.807, 2.05) is 19.0 Å². The molecule has 2 amide bonds. The summed E-state index contributed by atoms with van der Waals surface area (Å²) in [7, 11) is 6.98. The molecule has 0 bridgehead atoms. The van der Waals surface area contributed by atoms with Gasteiger partial charge in [-0.1, -0.05) is 0 Å². The molecule has 0 spiro atoms. The van der Waals surface area contributed by atoms with Gasteiger partial charge in [-0.05, 0) is 26.2 Å². The van der Waals surface area contributed by atoms with Crippen molar-refractivity contribution in [1.29, 1.82) is 0 Å². The lowest BCUT2D eigenvalue weighted by Crippen LogP contribution is -2.36. The number of rotatable bonds is 9. The van der Waals surface area contributed by atoms with Crippen LogP contribution in [0.25, 0.3) is 0 Å². The van der Waals surface area contributed by atoms with Gasteiger partial charge in [-0.2, -0.15) is 0 Å². The van der Waals surface area contributed by atoms with Crippen molar-refractivity contribution in [2.24, 2.45) is 0 Å². The van der Waals surface area contributed by atoms with E-state index in [4.69, 9.17) is 9.47 Å². The fourth-order valence-corrected chi connectivity index (χ4v) is 2.18. The van der Waals surface area contributed by atoms with Gasteiger partial charge >= 0.3 is 0 Å². The maximum Gasteiger partial charge on any atom is 0.223 e. The first kappa shape index (κ1) is 19.8. The van der Waals surface area contributed by atoms with Gasteiger partial charge in [0.05, 0.1) is 14.2 Å². The number of amides is 2. The van der Waals surface area contributed by atoms with Crippen LogP contribution in [-0.2, 0) is 9.59 Å². The molecule has 0 aliphatic carbocycles. The van der Waals surface area contributed by atoms with Crippen LogP contribution in [0.5, 0.6) is 11.5 Å². The Bertz CT molecular complexity index is 561. The normalized spacial score (nSPS) is 10.4. The number of carbonyl (C=O) groups excluding carboxylic acids is 2. The van der Waals surface area contributed by atoms with E-state index in [2.05, 4.69) is 5.32 Å². The van der Waals surface area contributed by atoms with E-state index in [9.17, 15) is 9.59 Å². The zero-order valence-corrected chi connectivity index (χ0v) is 15.1. The number of anilines is 1. The second-order valence-electron chi connectivity index (χ2n) is 5.61. The van der Waals surface area contributed by atoms with E-state index in [-0.39, 0.29) is 18.2 Å². The van der Waals surface area contributed by atoms with Crippen LogP contribution < -0.4 is 19.7 Å². The summed E-state index contributed by atoms with van der Waals surface area (Å²) in [5.74, 6) is 0.912. The molecule has 0 fully saturated rings. The number of methoxy groups -OCH3 is 2. The summed E-state index contributed by atoms with van der Waals surface area (Å²) in [5.41, 5.74) is 0.668. The summed E-state index contributed by atoms with van der Waals surface area (Å²) in [4.78, 5) is 27.4. The highest BCUT2D eigenvalue weighted by Gasteiger charge is 2.15. The molecule has 1 N–H and O–H groups in total. The zero-order chi connectivity index (χ0) is 18.1. The van der Waals surface area contributed by atoms with Gasteiger partial charge in [-0.15, -0.1) is 0 Å². The first-order valence-electron chi connectivity index (χ1n) is 7.80. The Morgan fingerprint density at radius 3 is 2.29 bits per heavy atom. The minimum absolute atomic E-state index is 0.0800. The molecule has 0 heterocycles. The molecule has 1 aromatic carbocycles. The first-order valence-corrected chi connectivity index (χ1v) is 7.80. The molecule has 0 atom stereocenters. The van der Waals surface area contributed by atoms with Gasteiger partial charge in [-0.25, -0.2) is 0 Å². The largest absolute Gasteiger partial charge is 0.493 e. The lowest BCUT2D eigenvalue weighted by atomic mass is 10.2. The summed E-state index contributed by atoms with van der Waals surface area (Å²) in [6, 6.07) is 5.23. The van der Waals surface area contributed by atoms with Gasteiger partial charge < -0.3 is 24.6 Å². The van der Waals surface area contributed by atoms with Crippen LogP contribution in [0.4, 0.5) is 5.69 Å². The van der Waals surface area contributed by atoms with Gasteiger partial charge in [0.1, 0.15) is 0 Å². The lowest BCUT2D eigenvalue weighted by Gasteiger charge is -2.22. The summed E-state index contributed by atoms with van der Waals surface area (Å²) < 4.78 is 10.5. The Labute approximate surface area is 143 Å². The van der Waals surface area contributed by atoms with Crippen LogP contribution in [0.1, 0.15) is 13.3 Å². The Kier molecular flexibility index (Phi) is 8.05. The third-order valence-corrected chi connectivity index (χ3v) is 3.50. The molecule has 134 valence electrons. The number of hydrogen-bond donors (Lipinski definition) is 1. The van der Waals surface area contributed by atoms with Crippen LogP contribution in [0.2, 0.25) is 0 Å². The minimum atomic E-state index is -0.136. The van der Waals surface area contributed by atoms with Crippen molar-refractivity contribution in [3.05, 3.63) is 18.2 Å². The van der Waals surface area contributed by atoms with Gasteiger partial charge in [0.2, 0.25) is 11.8 Å². The summed E-state index contributed by atoms with van der Waals surface area (Å²) in [6.45, 7) is 3.14. The zero-order valence-electron chi connectivity index (χ0n) is 15.1. The van der Waals surface area contributed by atoms with Crippen LogP contribution in [-0.4, -0.2) is 64.7 Å². The van der Waals surface area contributed by atoms with E-state index in [0.29, 0.717) is 30.3 Å². The summed E-state index contributed by atoms with van der Waals surface area (Å²) in [5, 5.41) is 2.84. The summed E-state index contributed by atoms with van der Waals surface area (Å²) in [6.07, 6.45) is 0.237. The molecule has 0 saturated heterocycles. The average molecular weight is 337 g/mol. The van der Waals surface area contributed by atoms with Crippen LogP contribution in [0, 0.1) is 0 Å². The maximum absolute atomic E-state index is 11.9. The standard InChI is InChI=1S/C17H27N3O4/c1-13(21)20(10-8-17(22)18-9-11-19(2)3)14-6-7-15(23-4)16(12-14)24-5/h6-7,12H,8-11H2,1-5H3,(H,18,22). The third kappa shape index (κ3) is 6.08. The molecule has 0 radical (unpaired) electrons. The minimum Gasteiger partial charge on any atom is -0.493 e. The molecule has 1 aromatic rings. The molecule has 0 unspecified atom stereocenters. The molecule has 0 aliphatic heterocycles. The third-order valence-electron chi connectivity index (χ3n) is 3.50. The number of nitrogens with one attached hydrogen (secondary N) is 1. The topological polar surface area (TPSA) is 71.1 Å². The van der Waals surface area contributed by atoms with Crippen molar-refractivity contribution in [2.75, 3.05) is 52.8 Å². The smallest absolute Gasteiger partial charge is 0.223 e. The Hall–Kier alpha value is -2.28. The highest BCUT2D eigenvalue weighted by molar-refractivity contribution is 5.92. The van der Waals surface area contributed by atoms with E-state index in [1.165, 1.54) is 14.0 Å². The predicted octanol–water partition coefficient (Wildman–Crippen LogP) is 1.12. The van der Waals surface area contributed by atoms with E-state index < -0.39 is 0 Å². The SMILES string of the molecule is COc1ccc(N(CCC(=O)NCCN(C)C)C(C)=O)cc1OC. The molecule has 0 aliphatic rings. The number of carbonyl (C=O) groups is 2. The number of hydrogen-bond acceptors (Lipinski definition) is 5. The molecule has 0 aromatic heterocycles. The molecule has 7 nitrogen and oxygen atoms in total. The Morgan fingerprint density at radius 1 is 1.08 bits per heavy atom. The lowest BCUT2D eigenvalue weighted by molar-refractivity contribution is -0.121. The highest BCUT2D eigenvalue weighted by Crippen LogP contribution is 2.31. The van der Waals surface area contributed by atoms with E-state index in [1.54, 1.807) is 30.2 Å². The molecule has 24 heavy (non-hydrogen) atoms. The molecule has 7 heteroatoms. The van der Waals surface area contributed by atoms with Gasteiger partial charge in [-0.3, -0.25) is 9.59 Å². The second kappa shape index (κ2) is 9.77. The van der Waals surface area contributed by atoms with Gasteiger partial charge in [0, 0.05) is 44.7 Å². The van der Waals surface area contributed by atoms with Crippen molar-refractivity contribution in [2.45, 2.75) is 13.3 Å². The maximum atomic E-state index is 11.9. The van der Waals surface area contributed by atoms with E-state index in [0.717, 1.165) is 6.54 Å². The quantitative estimate of drug-likeness (QED) is 0.731. The van der Waals surface area contributed by atoms with E-state index >= 15 is 0 Å². The molecule has 1 rings (SSSR count). The number of likely N-dealkylation sites (N-methyl/N-ethyl adjacent to an activating group) is 1. The van der Waals surface area contributed by atoms with Crippen LogP contribution in [0.3, 0.4) is 0 Å². The predicted molar refractivity (Wildman–Crippen MR) is 93.8 cm³/mol. The number of nitrogens with zero attached hydrogens (tertiary/aromatic N) is 2. The van der Waals surface area contributed by atoms with Crippen molar-refractivity contribution in [3.8, 4) is 11.5 Å². The highest BCUT2D eigenvalue weighted by atomic mass is 16.5. The van der Waals surface area contributed by atoms with Gasteiger partial charge in [0.15, 0.2) is 11.5 Å². The van der Waals surface area contributed by atoms with Crippen molar-refractivity contribution in [3.63, 3.8) is 0 Å². The molecule has 0 saturated carbocycles. The first-order chi connectivity index (χ1) is 11.4. The molecular weight excluding hydrogens is 310 g/mol. The van der Waals surface area contributed by atoms with Crippen molar-refractivity contribution < 1.29 is 19.1 Å².